The molecule has 1 N–H and O–H groups in total. The van der Waals surface area contributed by atoms with E-state index in [4.69, 9.17) is 4.74 Å². The molecule has 5 nitrogen and oxygen atoms in total. The van der Waals surface area contributed by atoms with E-state index in [1.807, 2.05) is 41.8 Å². The standard InChI is InChI=1S/C23H24N2O3S/c26-22(24-14-16-7-2-1-3-8-16)15-28-23(27)18-13-20(21-11-6-12-29-21)25-19-10-5-4-9-17(18)19/h4-6,9-13,16H,1-3,7-8,14-15H2,(H,24,26). The van der Waals surface area contributed by atoms with Crippen molar-refractivity contribution in [2.75, 3.05) is 13.2 Å². The molecule has 1 saturated carbocycles. The minimum atomic E-state index is -0.505. The lowest BCUT2D eigenvalue weighted by Gasteiger charge is -2.21. The smallest absolute Gasteiger partial charge is 0.339 e. The van der Waals surface area contributed by atoms with Gasteiger partial charge in [0.25, 0.3) is 5.91 Å². The fraction of sp³-hybridized carbons (Fsp3) is 0.348. The highest BCUT2D eigenvalue weighted by Crippen LogP contribution is 2.28. The second kappa shape index (κ2) is 9.18. The minimum Gasteiger partial charge on any atom is -0.452 e. The summed E-state index contributed by atoms with van der Waals surface area (Å²) in [5.41, 5.74) is 1.89. The van der Waals surface area contributed by atoms with Gasteiger partial charge in [-0.05, 0) is 42.3 Å². The summed E-state index contributed by atoms with van der Waals surface area (Å²) < 4.78 is 5.33. The van der Waals surface area contributed by atoms with Gasteiger partial charge in [-0.1, -0.05) is 43.5 Å². The lowest BCUT2D eigenvalue weighted by molar-refractivity contribution is -0.124. The van der Waals surface area contributed by atoms with Crippen LogP contribution in [0.2, 0.25) is 0 Å². The first-order valence-corrected chi connectivity index (χ1v) is 11.0. The number of aromatic nitrogens is 1. The molecule has 2 aromatic heterocycles. The van der Waals surface area contributed by atoms with Crippen molar-refractivity contribution in [2.45, 2.75) is 32.1 Å². The lowest BCUT2D eigenvalue weighted by Crippen LogP contribution is -2.33. The molecule has 3 aromatic rings. The largest absolute Gasteiger partial charge is 0.452 e. The number of hydrogen-bond acceptors (Lipinski definition) is 5. The zero-order valence-electron chi connectivity index (χ0n) is 16.2. The molecule has 2 heterocycles. The Bertz CT molecular complexity index is 995. The Morgan fingerprint density at radius 1 is 1.10 bits per heavy atom. The third kappa shape index (κ3) is 4.82. The summed E-state index contributed by atoms with van der Waals surface area (Å²) in [7, 11) is 0. The van der Waals surface area contributed by atoms with Crippen molar-refractivity contribution >= 4 is 34.1 Å². The second-order valence-corrected chi connectivity index (χ2v) is 8.38. The Morgan fingerprint density at radius 3 is 2.72 bits per heavy atom. The van der Waals surface area contributed by atoms with E-state index in [-0.39, 0.29) is 12.5 Å². The van der Waals surface area contributed by atoms with E-state index in [1.54, 1.807) is 17.4 Å². The molecule has 29 heavy (non-hydrogen) atoms. The van der Waals surface area contributed by atoms with Gasteiger partial charge >= 0.3 is 5.97 Å². The van der Waals surface area contributed by atoms with Crippen molar-refractivity contribution in [3.05, 3.63) is 53.4 Å². The maximum atomic E-state index is 12.8. The molecule has 150 valence electrons. The van der Waals surface area contributed by atoms with Gasteiger partial charge in [-0.3, -0.25) is 4.79 Å². The number of benzene rings is 1. The molecule has 0 unspecified atom stereocenters. The Labute approximate surface area is 174 Å². The van der Waals surface area contributed by atoms with Gasteiger partial charge in [-0.15, -0.1) is 11.3 Å². The monoisotopic (exact) mass is 408 g/mol. The van der Waals surface area contributed by atoms with Crippen molar-refractivity contribution in [1.82, 2.24) is 10.3 Å². The van der Waals surface area contributed by atoms with Gasteiger partial charge in [-0.2, -0.15) is 0 Å². The van der Waals surface area contributed by atoms with Crippen LogP contribution in [-0.2, 0) is 9.53 Å². The summed E-state index contributed by atoms with van der Waals surface area (Å²) in [6.07, 6.45) is 6.08. The van der Waals surface area contributed by atoms with Crippen LogP contribution in [0, 0.1) is 5.92 Å². The zero-order chi connectivity index (χ0) is 20.1. The fourth-order valence-corrected chi connectivity index (χ4v) is 4.49. The van der Waals surface area contributed by atoms with Gasteiger partial charge in [0.15, 0.2) is 6.61 Å². The Kier molecular flexibility index (Phi) is 6.20. The summed E-state index contributed by atoms with van der Waals surface area (Å²) in [6.45, 7) is 0.396. The van der Waals surface area contributed by atoms with Gasteiger partial charge in [0.2, 0.25) is 0 Å². The van der Waals surface area contributed by atoms with Crippen LogP contribution in [0.25, 0.3) is 21.5 Å². The number of ether oxygens (including phenoxy) is 1. The molecular formula is C23H24N2O3S. The molecule has 0 saturated heterocycles. The first-order valence-electron chi connectivity index (χ1n) is 10.1. The highest BCUT2D eigenvalue weighted by atomic mass is 32.1. The number of rotatable bonds is 6. The number of carbonyl (C=O) groups excluding carboxylic acids is 2. The quantitative estimate of drug-likeness (QED) is 0.594. The number of amides is 1. The number of nitrogens with one attached hydrogen (secondary N) is 1. The molecule has 1 aliphatic carbocycles. The van der Waals surface area contributed by atoms with Crippen LogP contribution in [0.3, 0.4) is 0 Å². The third-order valence-corrected chi connectivity index (χ3v) is 6.25. The lowest BCUT2D eigenvalue weighted by atomic mass is 9.89. The Balaban J connectivity index is 1.44. The van der Waals surface area contributed by atoms with Crippen LogP contribution >= 0.6 is 11.3 Å². The predicted molar refractivity (Wildman–Crippen MR) is 115 cm³/mol. The van der Waals surface area contributed by atoms with E-state index in [0.717, 1.165) is 34.3 Å². The number of esters is 1. The first kappa shape index (κ1) is 19.6. The molecular weight excluding hydrogens is 384 g/mol. The van der Waals surface area contributed by atoms with E-state index in [1.165, 1.54) is 19.3 Å². The minimum absolute atomic E-state index is 0.249. The van der Waals surface area contributed by atoms with Crippen molar-refractivity contribution in [1.29, 1.82) is 0 Å². The van der Waals surface area contributed by atoms with Crippen molar-refractivity contribution in [3.8, 4) is 10.6 Å². The maximum Gasteiger partial charge on any atom is 0.339 e. The number of carbonyl (C=O) groups is 2. The van der Waals surface area contributed by atoms with Crippen LogP contribution in [-0.4, -0.2) is 30.0 Å². The van der Waals surface area contributed by atoms with Crippen molar-refractivity contribution in [3.63, 3.8) is 0 Å². The summed E-state index contributed by atoms with van der Waals surface area (Å²) >= 11 is 1.56. The second-order valence-electron chi connectivity index (χ2n) is 7.43. The first-order chi connectivity index (χ1) is 14.2. The molecule has 4 rings (SSSR count). The molecule has 6 heteroatoms. The van der Waals surface area contributed by atoms with Gasteiger partial charge in [0.1, 0.15) is 0 Å². The molecule has 0 spiro atoms. The molecule has 0 aliphatic heterocycles. The third-order valence-electron chi connectivity index (χ3n) is 5.36. The molecule has 0 radical (unpaired) electrons. The summed E-state index contributed by atoms with van der Waals surface area (Å²) in [5, 5.41) is 5.60. The topological polar surface area (TPSA) is 68.3 Å². The summed E-state index contributed by atoms with van der Waals surface area (Å²) in [4.78, 5) is 30.5. The number of thiophene rings is 1. The number of pyridine rings is 1. The average molecular weight is 409 g/mol. The Hall–Kier alpha value is -2.73. The SMILES string of the molecule is O=C(COC(=O)c1cc(-c2cccs2)nc2ccccc12)NCC1CCCCC1. The van der Waals surface area contributed by atoms with E-state index in [2.05, 4.69) is 10.3 Å². The molecule has 1 fully saturated rings. The van der Waals surface area contributed by atoms with Gasteiger partial charge in [-0.25, -0.2) is 9.78 Å². The number of para-hydroxylation sites is 1. The molecule has 1 amide bonds. The highest BCUT2D eigenvalue weighted by Gasteiger charge is 2.18. The molecule has 0 bridgehead atoms. The number of nitrogens with zero attached hydrogens (tertiary/aromatic N) is 1. The molecule has 1 aliphatic rings. The van der Waals surface area contributed by atoms with Crippen LogP contribution in [0.4, 0.5) is 0 Å². The average Bonchev–Trinajstić information content (AvgIpc) is 3.31. The number of fused-ring (bicyclic) bond motifs is 1. The highest BCUT2D eigenvalue weighted by molar-refractivity contribution is 7.13. The summed E-state index contributed by atoms with van der Waals surface area (Å²) in [5.74, 6) is -0.212. The predicted octanol–water partition coefficient (Wildman–Crippen LogP) is 4.82. The normalized spacial score (nSPS) is 14.6. The van der Waals surface area contributed by atoms with Crippen molar-refractivity contribution < 1.29 is 14.3 Å². The van der Waals surface area contributed by atoms with Gasteiger partial charge in [0.05, 0.1) is 21.7 Å². The number of hydrogen-bond donors (Lipinski definition) is 1. The molecule has 1 aromatic carbocycles. The van der Waals surface area contributed by atoms with E-state index >= 15 is 0 Å². The van der Waals surface area contributed by atoms with E-state index in [9.17, 15) is 9.59 Å². The van der Waals surface area contributed by atoms with Gasteiger partial charge < -0.3 is 10.1 Å². The van der Waals surface area contributed by atoms with E-state index < -0.39 is 5.97 Å². The fourth-order valence-electron chi connectivity index (χ4n) is 3.80. The maximum absolute atomic E-state index is 12.8. The molecule has 0 atom stereocenters. The summed E-state index contributed by atoms with van der Waals surface area (Å²) in [6, 6.07) is 13.1. The van der Waals surface area contributed by atoms with Crippen LogP contribution in [0.5, 0.6) is 0 Å². The van der Waals surface area contributed by atoms with Crippen LogP contribution in [0.1, 0.15) is 42.5 Å². The van der Waals surface area contributed by atoms with Crippen LogP contribution < -0.4 is 5.32 Å². The van der Waals surface area contributed by atoms with Crippen LogP contribution in [0.15, 0.2) is 47.8 Å². The van der Waals surface area contributed by atoms with Crippen molar-refractivity contribution in [2.24, 2.45) is 5.92 Å². The van der Waals surface area contributed by atoms with Gasteiger partial charge in [0, 0.05) is 11.9 Å². The Morgan fingerprint density at radius 2 is 1.93 bits per heavy atom. The van der Waals surface area contributed by atoms with E-state index in [0.29, 0.717) is 18.0 Å². The zero-order valence-corrected chi connectivity index (χ0v) is 17.0.